The number of fused-ring (bicyclic) bond motifs is 2. The van der Waals surface area contributed by atoms with E-state index in [2.05, 4.69) is 4.98 Å². The van der Waals surface area contributed by atoms with Crippen molar-refractivity contribution in [2.75, 3.05) is 7.11 Å². The molecule has 0 saturated heterocycles. The Morgan fingerprint density at radius 2 is 1.94 bits per heavy atom. The fourth-order valence-corrected chi connectivity index (χ4v) is 5.92. The largest absolute Gasteiger partial charge is 0.503 e. The maximum Gasteiger partial charge on any atom is 0.290 e. The van der Waals surface area contributed by atoms with Crippen LogP contribution in [0, 0.1) is 0 Å². The number of H-pyrrole nitrogens is 1. The Labute approximate surface area is 212 Å². The lowest BCUT2D eigenvalue weighted by Crippen LogP contribution is -2.41. The number of halogens is 1. The summed E-state index contributed by atoms with van der Waals surface area (Å²) in [6, 6.07) is 11.8. The number of furan rings is 1. The maximum atomic E-state index is 14.0. The smallest absolute Gasteiger partial charge is 0.290 e. The van der Waals surface area contributed by atoms with Crippen molar-refractivity contribution < 1.29 is 23.8 Å². The van der Waals surface area contributed by atoms with Crippen molar-refractivity contribution in [2.45, 2.75) is 44.2 Å². The Balaban J connectivity index is 1.50. The topological polar surface area (TPSA) is 95.8 Å². The van der Waals surface area contributed by atoms with Crippen LogP contribution in [0.1, 0.15) is 54.3 Å². The first-order valence-electron chi connectivity index (χ1n) is 12.1. The molecule has 1 amide bonds. The normalized spacial score (nSPS) is 19.1. The number of nitrogens with one attached hydrogen (secondary N) is 1. The second-order valence-corrected chi connectivity index (χ2v) is 9.86. The van der Waals surface area contributed by atoms with Gasteiger partial charge in [0.05, 0.1) is 18.7 Å². The quantitative estimate of drug-likeness (QED) is 0.303. The van der Waals surface area contributed by atoms with Crippen LogP contribution < -0.4 is 4.74 Å². The van der Waals surface area contributed by atoms with E-state index in [9.17, 15) is 14.7 Å². The zero-order valence-corrected chi connectivity index (χ0v) is 20.5. The molecule has 1 aliphatic carbocycles. The zero-order chi connectivity index (χ0) is 25.0. The lowest BCUT2D eigenvalue weighted by Gasteiger charge is -2.36. The van der Waals surface area contributed by atoms with E-state index in [1.807, 2.05) is 30.5 Å². The molecule has 6 rings (SSSR count). The number of amides is 1. The molecule has 3 heterocycles. The van der Waals surface area contributed by atoms with Crippen LogP contribution in [0.4, 0.5) is 0 Å². The number of rotatable bonds is 5. The number of aliphatic hydroxyl groups is 1. The predicted octanol–water partition coefficient (Wildman–Crippen LogP) is 6.49. The summed E-state index contributed by atoms with van der Waals surface area (Å²) in [5.74, 6) is -1.17. The van der Waals surface area contributed by atoms with E-state index in [1.165, 1.54) is 7.11 Å². The summed E-state index contributed by atoms with van der Waals surface area (Å²) >= 11 is 6.20. The van der Waals surface area contributed by atoms with E-state index in [0.29, 0.717) is 21.7 Å². The van der Waals surface area contributed by atoms with Crippen molar-refractivity contribution >= 4 is 45.2 Å². The molecule has 4 aromatic rings. The van der Waals surface area contributed by atoms with Crippen LogP contribution in [-0.4, -0.2) is 39.8 Å². The second-order valence-electron chi connectivity index (χ2n) is 9.42. The van der Waals surface area contributed by atoms with Crippen LogP contribution in [0.5, 0.6) is 5.75 Å². The molecule has 1 fully saturated rings. The van der Waals surface area contributed by atoms with Crippen molar-refractivity contribution in [3.63, 3.8) is 0 Å². The number of ketones is 1. The molecule has 184 valence electrons. The van der Waals surface area contributed by atoms with Crippen molar-refractivity contribution in [1.29, 1.82) is 0 Å². The van der Waals surface area contributed by atoms with Crippen LogP contribution in [0.2, 0.25) is 5.02 Å². The number of methoxy groups -OCH3 is 1. The van der Waals surface area contributed by atoms with Gasteiger partial charge in [0, 0.05) is 45.2 Å². The summed E-state index contributed by atoms with van der Waals surface area (Å²) in [6.07, 6.45) is 6.61. The molecule has 1 aliphatic heterocycles. The molecular formula is C28H25ClN2O5. The molecule has 36 heavy (non-hydrogen) atoms. The van der Waals surface area contributed by atoms with Gasteiger partial charge in [-0.3, -0.25) is 9.59 Å². The average Bonchev–Trinajstić information content (AvgIpc) is 3.58. The number of ether oxygens (including phenoxy) is 1. The van der Waals surface area contributed by atoms with E-state index < -0.39 is 23.5 Å². The number of hydrogen-bond acceptors (Lipinski definition) is 5. The molecular weight excluding hydrogens is 480 g/mol. The molecule has 2 aliphatic rings. The van der Waals surface area contributed by atoms with Crippen LogP contribution >= 0.6 is 11.6 Å². The maximum absolute atomic E-state index is 14.0. The fourth-order valence-electron chi connectivity index (χ4n) is 5.70. The Morgan fingerprint density at radius 3 is 2.72 bits per heavy atom. The number of carbonyl (C=O) groups is 2. The molecule has 0 spiro atoms. The first-order chi connectivity index (χ1) is 17.5. The summed E-state index contributed by atoms with van der Waals surface area (Å²) in [4.78, 5) is 32.4. The van der Waals surface area contributed by atoms with Gasteiger partial charge in [0.2, 0.25) is 5.78 Å². The molecule has 7 nitrogen and oxygen atoms in total. The minimum Gasteiger partial charge on any atom is -0.503 e. The SMILES string of the molecule is COc1cc(Cl)cc2cc(C(=O)C3=C(O)C(=O)N(C4CCCCC4)C3c3c[nH]c4ccccc34)oc12. The van der Waals surface area contributed by atoms with Crippen LogP contribution in [-0.2, 0) is 4.79 Å². The number of aromatic nitrogens is 1. The number of carbonyl (C=O) groups excluding carboxylic acids is 2. The van der Waals surface area contributed by atoms with Crippen molar-refractivity contribution in [1.82, 2.24) is 9.88 Å². The number of Topliss-reactive ketones (excluding diaryl/α,β-unsaturated/α-hetero) is 1. The fraction of sp³-hybridized carbons (Fsp3) is 0.286. The average molecular weight is 505 g/mol. The van der Waals surface area contributed by atoms with E-state index in [0.717, 1.165) is 48.6 Å². The summed E-state index contributed by atoms with van der Waals surface area (Å²) < 4.78 is 11.3. The Bertz CT molecular complexity index is 1540. The van der Waals surface area contributed by atoms with Gasteiger partial charge < -0.3 is 24.1 Å². The third kappa shape index (κ3) is 3.49. The van der Waals surface area contributed by atoms with Crippen molar-refractivity contribution in [3.05, 3.63) is 76.3 Å². The Morgan fingerprint density at radius 1 is 1.17 bits per heavy atom. The van der Waals surface area contributed by atoms with Gasteiger partial charge >= 0.3 is 0 Å². The van der Waals surface area contributed by atoms with Gasteiger partial charge in [0.25, 0.3) is 5.91 Å². The highest BCUT2D eigenvalue weighted by molar-refractivity contribution is 6.31. The number of para-hydroxylation sites is 1. The van der Waals surface area contributed by atoms with E-state index in [4.69, 9.17) is 20.8 Å². The standard InChI is InChI=1S/C28H25ClN2O5/c1-35-22-13-16(29)11-15-12-21(36-27(15)22)25(32)23-24(19-14-30-20-10-6-5-9-18(19)20)31(28(34)26(23)33)17-7-3-2-4-8-17/h5-6,9-14,17,24,30,33H,2-4,7-8H2,1H3. The third-order valence-electron chi connectivity index (χ3n) is 7.36. The molecule has 1 atom stereocenters. The number of aliphatic hydroxyl groups excluding tert-OH is 1. The van der Waals surface area contributed by atoms with Gasteiger partial charge in [0.15, 0.2) is 22.9 Å². The van der Waals surface area contributed by atoms with Gasteiger partial charge in [-0.1, -0.05) is 49.1 Å². The lowest BCUT2D eigenvalue weighted by molar-refractivity contribution is -0.132. The lowest BCUT2D eigenvalue weighted by atomic mass is 9.90. The van der Waals surface area contributed by atoms with Crippen LogP contribution in [0.3, 0.4) is 0 Å². The van der Waals surface area contributed by atoms with Gasteiger partial charge in [-0.05, 0) is 31.0 Å². The summed E-state index contributed by atoms with van der Waals surface area (Å²) in [5.41, 5.74) is 2.07. The van der Waals surface area contributed by atoms with Crippen LogP contribution in [0.25, 0.3) is 21.9 Å². The number of nitrogens with zero attached hydrogens (tertiary/aromatic N) is 1. The summed E-state index contributed by atoms with van der Waals surface area (Å²) in [7, 11) is 1.49. The Kier molecular flexibility index (Phi) is 5.52. The third-order valence-corrected chi connectivity index (χ3v) is 7.58. The highest BCUT2D eigenvalue weighted by Gasteiger charge is 2.48. The number of hydrogen-bond donors (Lipinski definition) is 2. The predicted molar refractivity (Wildman–Crippen MR) is 137 cm³/mol. The highest BCUT2D eigenvalue weighted by atomic mass is 35.5. The van der Waals surface area contributed by atoms with Gasteiger partial charge in [-0.2, -0.15) is 0 Å². The first-order valence-corrected chi connectivity index (χ1v) is 12.5. The Hall–Kier alpha value is -3.71. The minimum atomic E-state index is -0.733. The summed E-state index contributed by atoms with van der Waals surface area (Å²) in [6.45, 7) is 0. The van der Waals surface area contributed by atoms with Crippen molar-refractivity contribution in [3.8, 4) is 5.75 Å². The molecule has 0 radical (unpaired) electrons. The first kappa shape index (κ1) is 22.7. The highest BCUT2D eigenvalue weighted by Crippen LogP contribution is 2.45. The zero-order valence-electron chi connectivity index (χ0n) is 19.7. The number of aromatic amines is 1. The van der Waals surface area contributed by atoms with E-state index >= 15 is 0 Å². The van der Waals surface area contributed by atoms with E-state index in [1.54, 1.807) is 23.1 Å². The van der Waals surface area contributed by atoms with Crippen molar-refractivity contribution in [2.24, 2.45) is 0 Å². The molecule has 1 saturated carbocycles. The molecule has 8 heteroatoms. The van der Waals surface area contributed by atoms with Crippen LogP contribution in [0.15, 0.2) is 64.4 Å². The minimum absolute atomic E-state index is 0.00949. The van der Waals surface area contributed by atoms with Gasteiger partial charge in [0.1, 0.15) is 0 Å². The molecule has 2 aromatic carbocycles. The van der Waals surface area contributed by atoms with Gasteiger partial charge in [-0.25, -0.2) is 0 Å². The molecule has 2 N–H and O–H groups in total. The summed E-state index contributed by atoms with van der Waals surface area (Å²) in [5, 5.41) is 13.1. The molecule has 1 unspecified atom stereocenters. The second kappa shape index (κ2) is 8.75. The van der Waals surface area contributed by atoms with Gasteiger partial charge in [-0.15, -0.1) is 0 Å². The molecule has 0 bridgehead atoms. The van der Waals surface area contributed by atoms with E-state index in [-0.39, 0.29) is 17.4 Å². The molecule has 2 aromatic heterocycles. The number of benzene rings is 2. The monoisotopic (exact) mass is 504 g/mol.